The highest BCUT2D eigenvalue weighted by molar-refractivity contribution is 5.83. The summed E-state index contributed by atoms with van der Waals surface area (Å²) in [5, 5.41) is 0. The van der Waals surface area contributed by atoms with Crippen LogP contribution in [0.3, 0.4) is 0 Å². The zero-order valence-corrected chi connectivity index (χ0v) is 7.69. The van der Waals surface area contributed by atoms with Crippen molar-refractivity contribution in [1.29, 1.82) is 0 Å². The van der Waals surface area contributed by atoms with Crippen LogP contribution in [0.1, 0.15) is 16.3 Å². The highest BCUT2D eigenvalue weighted by atomic mass is 16.1. The van der Waals surface area contributed by atoms with E-state index in [0.717, 1.165) is 17.7 Å². The predicted molar refractivity (Wildman–Crippen MR) is 51.9 cm³/mol. The number of carbonyl (C=O) groups excluding carboxylic acids is 1. The summed E-state index contributed by atoms with van der Waals surface area (Å²) < 4.78 is 0. The molecule has 70 valence electrons. The van der Waals surface area contributed by atoms with E-state index in [4.69, 9.17) is 0 Å². The van der Waals surface area contributed by atoms with E-state index in [-0.39, 0.29) is 0 Å². The largest absolute Gasteiger partial charge is 0.340 e. The molecule has 14 heavy (non-hydrogen) atoms. The Morgan fingerprint density at radius 1 is 1.50 bits per heavy atom. The summed E-state index contributed by atoms with van der Waals surface area (Å²) in [6.07, 6.45) is 4.13. The maximum Gasteiger partial charge on any atom is 0.168 e. The third-order valence-corrected chi connectivity index (χ3v) is 1.90. The van der Waals surface area contributed by atoms with Gasteiger partial charge in [-0.25, -0.2) is 4.98 Å². The average molecular weight is 187 g/mol. The van der Waals surface area contributed by atoms with Crippen LogP contribution in [0.25, 0.3) is 11.3 Å². The normalized spacial score (nSPS) is 10.1. The molecule has 0 saturated heterocycles. The van der Waals surface area contributed by atoms with Crippen LogP contribution >= 0.6 is 0 Å². The zero-order chi connectivity index (χ0) is 9.97. The molecule has 0 fully saturated rings. The van der Waals surface area contributed by atoms with Crippen LogP contribution in [0.5, 0.6) is 0 Å². The number of nitrogens with one attached hydrogen (secondary N) is 1. The van der Waals surface area contributed by atoms with E-state index in [0.29, 0.717) is 11.4 Å². The van der Waals surface area contributed by atoms with Gasteiger partial charge >= 0.3 is 0 Å². The monoisotopic (exact) mass is 187 g/mol. The fraction of sp³-hybridized carbons (Fsp3) is 0.100. The second kappa shape index (κ2) is 3.41. The number of aldehydes is 1. The molecule has 0 aliphatic carbocycles. The minimum absolute atomic E-state index is 0.496. The Hall–Kier alpha value is -1.97. The van der Waals surface area contributed by atoms with Gasteiger partial charge in [0.25, 0.3) is 0 Å². The summed E-state index contributed by atoms with van der Waals surface area (Å²) in [5.74, 6) is 0.728. The lowest BCUT2D eigenvalue weighted by molar-refractivity contribution is 0.112. The lowest BCUT2D eigenvalue weighted by Crippen LogP contribution is -1.85. The smallest absolute Gasteiger partial charge is 0.168 e. The van der Waals surface area contributed by atoms with E-state index < -0.39 is 0 Å². The van der Waals surface area contributed by atoms with E-state index >= 15 is 0 Å². The molecule has 0 atom stereocenters. The molecule has 0 bridgehead atoms. The summed E-state index contributed by atoms with van der Waals surface area (Å²) in [5.41, 5.74) is 2.00. The van der Waals surface area contributed by atoms with E-state index in [1.165, 1.54) is 0 Å². The summed E-state index contributed by atoms with van der Waals surface area (Å²) in [6, 6.07) is 3.68. The number of aromatic nitrogens is 3. The van der Waals surface area contributed by atoms with Gasteiger partial charge in [0.2, 0.25) is 0 Å². The number of hydrogen-bond donors (Lipinski definition) is 1. The lowest BCUT2D eigenvalue weighted by atomic mass is 10.2. The second-order valence-corrected chi connectivity index (χ2v) is 2.94. The molecule has 1 N–H and O–H groups in total. The third-order valence-electron chi connectivity index (χ3n) is 1.90. The Morgan fingerprint density at radius 3 is 3.00 bits per heavy atom. The standard InChI is InChI=1S/C10H9N3O/c1-7-12-9(6-14)10(13-7)8-3-2-4-11-5-8/h2-6H,1H3,(H,12,13). The molecule has 0 aliphatic heterocycles. The Balaban J connectivity index is 2.56. The number of pyridine rings is 1. The molecular weight excluding hydrogens is 178 g/mol. The summed E-state index contributed by atoms with van der Waals surface area (Å²) in [6.45, 7) is 1.81. The number of carbonyl (C=O) groups is 1. The van der Waals surface area contributed by atoms with Crippen LogP contribution in [0.4, 0.5) is 0 Å². The molecule has 0 radical (unpaired) electrons. The Bertz CT molecular complexity index is 448. The molecule has 0 aromatic carbocycles. The van der Waals surface area contributed by atoms with Crippen LogP contribution in [-0.2, 0) is 0 Å². The van der Waals surface area contributed by atoms with Gasteiger partial charge in [0.1, 0.15) is 17.2 Å². The molecular formula is C10H9N3O. The van der Waals surface area contributed by atoms with Gasteiger partial charge in [0.15, 0.2) is 6.29 Å². The van der Waals surface area contributed by atoms with E-state index in [1.807, 2.05) is 19.1 Å². The van der Waals surface area contributed by atoms with Crippen molar-refractivity contribution in [3.63, 3.8) is 0 Å². The molecule has 0 saturated carbocycles. The average Bonchev–Trinajstić information content (AvgIpc) is 2.61. The van der Waals surface area contributed by atoms with Crippen molar-refractivity contribution in [2.45, 2.75) is 6.92 Å². The number of rotatable bonds is 2. The van der Waals surface area contributed by atoms with Crippen molar-refractivity contribution >= 4 is 6.29 Å². The molecule has 0 unspecified atom stereocenters. The number of aromatic amines is 1. The minimum Gasteiger partial charge on any atom is -0.340 e. The second-order valence-electron chi connectivity index (χ2n) is 2.94. The summed E-state index contributed by atoms with van der Waals surface area (Å²) in [4.78, 5) is 21.8. The van der Waals surface area contributed by atoms with Crippen LogP contribution in [0.2, 0.25) is 0 Å². The van der Waals surface area contributed by atoms with Gasteiger partial charge in [-0.2, -0.15) is 0 Å². The first-order valence-electron chi connectivity index (χ1n) is 4.23. The van der Waals surface area contributed by atoms with Gasteiger partial charge in [0, 0.05) is 18.0 Å². The first-order chi connectivity index (χ1) is 6.81. The van der Waals surface area contributed by atoms with Crippen molar-refractivity contribution in [3.05, 3.63) is 36.0 Å². The molecule has 0 aliphatic rings. The van der Waals surface area contributed by atoms with Gasteiger partial charge in [-0.15, -0.1) is 0 Å². The predicted octanol–water partition coefficient (Wildman–Crippen LogP) is 1.59. The zero-order valence-electron chi connectivity index (χ0n) is 7.69. The molecule has 2 aromatic heterocycles. The summed E-state index contributed by atoms with van der Waals surface area (Å²) >= 11 is 0. The SMILES string of the molecule is Cc1nc(-c2cccnc2)c(C=O)[nH]1. The molecule has 2 rings (SSSR count). The first kappa shape index (κ1) is 8.62. The van der Waals surface area contributed by atoms with E-state index in [2.05, 4.69) is 15.0 Å². The number of nitrogens with zero attached hydrogens (tertiary/aromatic N) is 2. The van der Waals surface area contributed by atoms with Gasteiger partial charge < -0.3 is 4.98 Å². The van der Waals surface area contributed by atoms with Gasteiger partial charge in [-0.05, 0) is 19.1 Å². The molecule has 2 heterocycles. The Morgan fingerprint density at radius 2 is 2.36 bits per heavy atom. The van der Waals surface area contributed by atoms with Crippen molar-refractivity contribution in [1.82, 2.24) is 15.0 Å². The molecule has 0 amide bonds. The first-order valence-corrected chi connectivity index (χ1v) is 4.23. The number of imidazole rings is 1. The molecule has 4 heteroatoms. The lowest BCUT2D eigenvalue weighted by Gasteiger charge is -1.94. The van der Waals surface area contributed by atoms with Gasteiger partial charge in [0.05, 0.1) is 0 Å². The third kappa shape index (κ3) is 1.42. The molecule has 4 nitrogen and oxygen atoms in total. The van der Waals surface area contributed by atoms with Crippen LogP contribution in [0, 0.1) is 6.92 Å². The topological polar surface area (TPSA) is 58.6 Å². The van der Waals surface area contributed by atoms with Crippen molar-refractivity contribution in [2.75, 3.05) is 0 Å². The maximum absolute atomic E-state index is 10.7. The van der Waals surface area contributed by atoms with Gasteiger partial charge in [-0.3, -0.25) is 9.78 Å². The van der Waals surface area contributed by atoms with Crippen LogP contribution < -0.4 is 0 Å². The fourth-order valence-electron chi connectivity index (χ4n) is 1.32. The number of H-pyrrole nitrogens is 1. The van der Waals surface area contributed by atoms with Crippen molar-refractivity contribution < 1.29 is 4.79 Å². The fourth-order valence-corrected chi connectivity index (χ4v) is 1.32. The van der Waals surface area contributed by atoms with Gasteiger partial charge in [-0.1, -0.05) is 0 Å². The van der Waals surface area contributed by atoms with E-state index in [9.17, 15) is 4.79 Å². The maximum atomic E-state index is 10.7. The molecule has 0 spiro atoms. The highest BCUT2D eigenvalue weighted by Gasteiger charge is 2.08. The minimum atomic E-state index is 0.496. The van der Waals surface area contributed by atoms with Crippen LogP contribution in [-0.4, -0.2) is 21.2 Å². The van der Waals surface area contributed by atoms with E-state index in [1.54, 1.807) is 12.4 Å². The van der Waals surface area contributed by atoms with Crippen LogP contribution in [0.15, 0.2) is 24.5 Å². The Labute approximate surface area is 81.0 Å². The Kier molecular flexibility index (Phi) is 2.10. The summed E-state index contributed by atoms with van der Waals surface area (Å²) in [7, 11) is 0. The van der Waals surface area contributed by atoms with Crippen molar-refractivity contribution in [3.8, 4) is 11.3 Å². The highest BCUT2D eigenvalue weighted by Crippen LogP contribution is 2.18. The molecule has 2 aromatic rings. The van der Waals surface area contributed by atoms with Crippen molar-refractivity contribution in [2.24, 2.45) is 0 Å². The number of aryl methyl sites for hydroxylation is 1. The number of hydrogen-bond acceptors (Lipinski definition) is 3. The quantitative estimate of drug-likeness (QED) is 0.726.